The van der Waals surface area contributed by atoms with Gasteiger partial charge in [-0.2, -0.15) is 0 Å². The van der Waals surface area contributed by atoms with Gasteiger partial charge in [0.25, 0.3) is 0 Å². The first-order valence-electron chi connectivity index (χ1n) is 4.49. The predicted octanol–water partition coefficient (Wildman–Crippen LogP) is 2.14. The van der Waals surface area contributed by atoms with Crippen LogP contribution in [-0.2, 0) is 0 Å². The summed E-state index contributed by atoms with van der Waals surface area (Å²) in [6, 6.07) is 3.92. The van der Waals surface area contributed by atoms with Crippen LogP contribution in [-0.4, -0.2) is 0 Å². The Bertz CT molecular complexity index is 231. The van der Waals surface area contributed by atoms with Crippen molar-refractivity contribution in [3.05, 3.63) is 36.8 Å². The molecule has 0 aromatic carbocycles. The summed E-state index contributed by atoms with van der Waals surface area (Å²) in [4.78, 5) is 0. The number of hydrazine groups is 1. The first-order valence-corrected chi connectivity index (χ1v) is 4.49. The van der Waals surface area contributed by atoms with Gasteiger partial charge in [-0.25, -0.2) is 5.43 Å². The van der Waals surface area contributed by atoms with Crippen molar-refractivity contribution >= 4 is 0 Å². The number of hydrogen-bond donors (Lipinski definition) is 2. The monoisotopic (exact) mass is 180 g/mol. The smallest absolute Gasteiger partial charge is 0.122 e. The van der Waals surface area contributed by atoms with E-state index in [1.165, 1.54) is 0 Å². The predicted molar refractivity (Wildman–Crippen MR) is 52.8 cm³/mol. The zero-order chi connectivity index (χ0) is 9.52. The van der Waals surface area contributed by atoms with Gasteiger partial charge in [0.1, 0.15) is 5.76 Å². The van der Waals surface area contributed by atoms with Gasteiger partial charge in [-0.05, 0) is 31.4 Å². The Labute approximate surface area is 78.6 Å². The topological polar surface area (TPSA) is 51.2 Å². The fraction of sp³-hybridized carbons (Fsp3) is 0.400. The third-order valence-electron chi connectivity index (χ3n) is 1.99. The zero-order valence-corrected chi connectivity index (χ0v) is 7.70. The second kappa shape index (κ2) is 5.56. The van der Waals surface area contributed by atoms with Crippen LogP contribution in [0.5, 0.6) is 0 Å². The summed E-state index contributed by atoms with van der Waals surface area (Å²) in [7, 11) is 0. The van der Waals surface area contributed by atoms with E-state index >= 15 is 0 Å². The van der Waals surface area contributed by atoms with Crippen molar-refractivity contribution in [1.29, 1.82) is 0 Å². The van der Waals surface area contributed by atoms with Gasteiger partial charge in [0, 0.05) is 0 Å². The van der Waals surface area contributed by atoms with E-state index in [1.807, 2.05) is 18.2 Å². The minimum Gasteiger partial charge on any atom is -0.468 e. The number of rotatable bonds is 6. The van der Waals surface area contributed by atoms with Crippen molar-refractivity contribution in [2.24, 2.45) is 5.84 Å². The van der Waals surface area contributed by atoms with Crippen molar-refractivity contribution in [3.8, 4) is 0 Å². The third kappa shape index (κ3) is 3.05. The SMILES string of the molecule is C=CCCCC(NN)c1ccco1. The van der Waals surface area contributed by atoms with Crippen LogP contribution in [0.2, 0.25) is 0 Å². The standard InChI is InChI=1S/C10H16N2O/c1-2-3-4-6-9(12-11)10-7-5-8-13-10/h2,5,7-9,12H,1,3-4,6,11H2. The summed E-state index contributed by atoms with van der Waals surface area (Å²) < 4.78 is 5.25. The molecule has 0 bridgehead atoms. The van der Waals surface area contributed by atoms with E-state index < -0.39 is 0 Å². The lowest BCUT2D eigenvalue weighted by molar-refractivity contribution is 0.395. The summed E-state index contributed by atoms with van der Waals surface area (Å²) in [6.45, 7) is 3.67. The molecule has 1 rings (SSSR count). The van der Waals surface area contributed by atoms with Gasteiger partial charge < -0.3 is 4.42 Å². The number of allylic oxidation sites excluding steroid dienone is 1. The van der Waals surface area contributed by atoms with Crippen LogP contribution in [0, 0.1) is 0 Å². The molecule has 0 aliphatic carbocycles. The van der Waals surface area contributed by atoms with E-state index in [0.717, 1.165) is 25.0 Å². The molecule has 72 valence electrons. The summed E-state index contributed by atoms with van der Waals surface area (Å²) in [6.07, 6.45) is 6.62. The fourth-order valence-corrected chi connectivity index (χ4v) is 1.26. The number of nitrogens with one attached hydrogen (secondary N) is 1. The highest BCUT2D eigenvalue weighted by Crippen LogP contribution is 2.18. The van der Waals surface area contributed by atoms with E-state index in [-0.39, 0.29) is 6.04 Å². The molecule has 0 aliphatic heterocycles. The maximum absolute atomic E-state index is 5.41. The molecule has 3 nitrogen and oxygen atoms in total. The molecule has 0 fully saturated rings. The van der Waals surface area contributed by atoms with Crippen molar-refractivity contribution in [2.75, 3.05) is 0 Å². The number of nitrogens with two attached hydrogens (primary N) is 1. The molecule has 0 amide bonds. The summed E-state index contributed by atoms with van der Waals surface area (Å²) in [5, 5.41) is 0. The van der Waals surface area contributed by atoms with E-state index in [2.05, 4.69) is 12.0 Å². The van der Waals surface area contributed by atoms with Gasteiger partial charge >= 0.3 is 0 Å². The van der Waals surface area contributed by atoms with Gasteiger partial charge in [0.15, 0.2) is 0 Å². The molecule has 0 radical (unpaired) electrons. The van der Waals surface area contributed by atoms with E-state index in [1.54, 1.807) is 6.26 Å². The third-order valence-corrected chi connectivity index (χ3v) is 1.99. The number of unbranched alkanes of at least 4 members (excludes halogenated alkanes) is 1. The second-order valence-corrected chi connectivity index (χ2v) is 2.95. The van der Waals surface area contributed by atoms with Crippen LogP contribution < -0.4 is 11.3 Å². The quantitative estimate of drug-likeness (QED) is 0.305. The van der Waals surface area contributed by atoms with Gasteiger partial charge in [0.05, 0.1) is 12.3 Å². The maximum atomic E-state index is 5.41. The van der Waals surface area contributed by atoms with Crippen molar-refractivity contribution in [2.45, 2.75) is 25.3 Å². The molecule has 0 saturated heterocycles. The first kappa shape index (κ1) is 10.0. The van der Waals surface area contributed by atoms with E-state index in [9.17, 15) is 0 Å². The fourth-order valence-electron chi connectivity index (χ4n) is 1.26. The van der Waals surface area contributed by atoms with Gasteiger partial charge in [-0.3, -0.25) is 5.84 Å². The lowest BCUT2D eigenvalue weighted by atomic mass is 10.1. The van der Waals surface area contributed by atoms with Crippen molar-refractivity contribution < 1.29 is 4.42 Å². The highest BCUT2D eigenvalue weighted by atomic mass is 16.3. The molecular formula is C10H16N2O. The average Bonchev–Trinajstić information content (AvgIpc) is 2.65. The Morgan fingerprint density at radius 1 is 1.69 bits per heavy atom. The van der Waals surface area contributed by atoms with Crippen LogP contribution in [0.15, 0.2) is 35.5 Å². The molecule has 0 spiro atoms. The van der Waals surface area contributed by atoms with Crippen molar-refractivity contribution in [3.63, 3.8) is 0 Å². The van der Waals surface area contributed by atoms with Crippen LogP contribution in [0.3, 0.4) is 0 Å². The first-order chi connectivity index (χ1) is 6.38. The molecule has 1 aromatic rings. The molecule has 1 unspecified atom stereocenters. The Kier molecular flexibility index (Phi) is 4.29. The molecule has 1 aromatic heterocycles. The normalized spacial score (nSPS) is 12.7. The molecule has 0 saturated carbocycles. The summed E-state index contributed by atoms with van der Waals surface area (Å²) >= 11 is 0. The van der Waals surface area contributed by atoms with Crippen LogP contribution >= 0.6 is 0 Å². The lowest BCUT2D eigenvalue weighted by Gasteiger charge is -2.11. The number of furan rings is 1. The Morgan fingerprint density at radius 3 is 3.08 bits per heavy atom. The maximum Gasteiger partial charge on any atom is 0.122 e. The highest BCUT2D eigenvalue weighted by molar-refractivity contribution is 5.03. The van der Waals surface area contributed by atoms with Gasteiger partial charge in [-0.15, -0.1) is 6.58 Å². The lowest BCUT2D eigenvalue weighted by Crippen LogP contribution is -2.27. The summed E-state index contributed by atoms with van der Waals surface area (Å²) in [5.41, 5.74) is 2.74. The molecule has 0 aliphatic rings. The largest absolute Gasteiger partial charge is 0.468 e. The minimum absolute atomic E-state index is 0.120. The molecule has 13 heavy (non-hydrogen) atoms. The van der Waals surface area contributed by atoms with Gasteiger partial charge in [0.2, 0.25) is 0 Å². The van der Waals surface area contributed by atoms with Crippen molar-refractivity contribution in [1.82, 2.24) is 5.43 Å². The Balaban J connectivity index is 2.39. The minimum atomic E-state index is 0.120. The Hall–Kier alpha value is -1.06. The van der Waals surface area contributed by atoms with Crippen LogP contribution in [0.25, 0.3) is 0 Å². The highest BCUT2D eigenvalue weighted by Gasteiger charge is 2.10. The molecule has 3 heteroatoms. The van der Waals surface area contributed by atoms with E-state index in [4.69, 9.17) is 10.3 Å². The van der Waals surface area contributed by atoms with Crippen LogP contribution in [0.1, 0.15) is 31.1 Å². The number of hydrogen-bond acceptors (Lipinski definition) is 3. The second-order valence-electron chi connectivity index (χ2n) is 2.95. The molecule has 3 N–H and O–H groups in total. The average molecular weight is 180 g/mol. The zero-order valence-electron chi connectivity index (χ0n) is 7.70. The summed E-state index contributed by atoms with van der Waals surface area (Å²) in [5.74, 6) is 6.31. The molecule has 1 atom stereocenters. The van der Waals surface area contributed by atoms with Gasteiger partial charge in [-0.1, -0.05) is 6.08 Å². The Morgan fingerprint density at radius 2 is 2.54 bits per heavy atom. The van der Waals surface area contributed by atoms with Crippen LogP contribution in [0.4, 0.5) is 0 Å². The molecular weight excluding hydrogens is 164 g/mol. The molecule has 1 heterocycles. The van der Waals surface area contributed by atoms with E-state index in [0.29, 0.717) is 0 Å².